The average Bonchev–Trinajstić information content (AvgIpc) is 2.52. The summed E-state index contributed by atoms with van der Waals surface area (Å²) in [6.07, 6.45) is 1.17. The van der Waals surface area contributed by atoms with Gasteiger partial charge in [0.15, 0.2) is 0 Å². The molecule has 1 aromatic rings. The summed E-state index contributed by atoms with van der Waals surface area (Å²) in [6.45, 7) is 9.28. The highest BCUT2D eigenvalue weighted by Gasteiger charge is 2.20. The third-order valence-electron chi connectivity index (χ3n) is 2.76. The quantitative estimate of drug-likeness (QED) is 0.432. The predicted octanol–water partition coefficient (Wildman–Crippen LogP) is 2.34. The molecule has 0 aliphatic heterocycles. The Morgan fingerprint density at radius 1 is 1.32 bits per heavy atom. The molecule has 0 saturated heterocycles. The second-order valence-corrected chi connectivity index (χ2v) is 4.50. The van der Waals surface area contributed by atoms with Gasteiger partial charge in [0.25, 0.3) is 5.91 Å². The van der Waals surface area contributed by atoms with Gasteiger partial charge in [-0.2, -0.15) is 0 Å². The summed E-state index contributed by atoms with van der Waals surface area (Å²) in [5.74, 6) is -1.11. The zero-order valence-corrected chi connectivity index (χ0v) is 12.7. The molecule has 118 valence electrons. The summed E-state index contributed by atoms with van der Waals surface area (Å²) in [5, 5.41) is 2.40. The molecule has 0 radical (unpaired) electrons. The normalized spacial score (nSPS) is 11.3. The third kappa shape index (κ3) is 5.93. The maximum atomic E-state index is 12.1. The Balaban J connectivity index is 2.57. The molecule has 1 aromatic carbocycles. The van der Waals surface area contributed by atoms with Crippen LogP contribution in [0.1, 0.15) is 18.9 Å². The maximum absolute atomic E-state index is 12.1. The summed E-state index contributed by atoms with van der Waals surface area (Å²) in [4.78, 5) is 23.6. The topological polar surface area (TPSA) is 64.6 Å². The lowest BCUT2D eigenvalue weighted by atomic mass is 10.2. The van der Waals surface area contributed by atoms with E-state index in [0.717, 1.165) is 5.56 Å². The summed E-state index contributed by atoms with van der Waals surface area (Å²) < 4.78 is 10.4. The van der Waals surface area contributed by atoms with Crippen LogP contribution in [0.3, 0.4) is 0 Å². The number of hydrogen-bond acceptors (Lipinski definition) is 4. The Morgan fingerprint density at radius 2 is 2.00 bits per heavy atom. The van der Waals surface area contributed by atoms with Crippen molar-refractivity contribution in [3.05, 3.63) is 60.8 Å². The number of benzene rings is 1. The minimum absolute atomic E-state index is 0.107. The van der Waals surface area contributed by atoms with E-state index in [9.17, 15) is 9.59 Å². The SMILES string of the molecule is C=CC[C@H](OCc1ccccc1)C(=O)NC(=C)C(=O)OCC. The van der Waals surface area contributed by atoms with E-state index in [-0.39, 0.29) is 12.3 Å². The second kappa shape index (κ2) is 9.52. The van der Waals surface area contributed by atoms with Crippen LogP contribution in [0.2, 0.25) is 0 Å². The largest absolute Gasteiger partial charge is 0.461 e. The first-order valence-corrected chi connectivity index (χ1v) is 7.01. The first-order valence-electron chi connectivity index (χ1n) is 7.01. The minimum Gasteiger partial charge on any atom is -0.461 e. The van der Waals surface area contributed by atoms with Crippen molar-refractivity contribution in [1.82, 2.24) is 5.32 Å². The van der Waals surface area contributed by atoms with Gasteiger partial charge in [-0.05, 0) is 12.5 Å². The van der Waals surface area contributed by atoms with Crippen molar-refractivity contribution in [2.24, 2.45) is 0 Å². The fraction of sp³-hybridized carbons (Fsp3) is 0.294. The smallest absolute Gasteiger partial charge is 0.354 e. The van der Waals surface area contributed by atoms with Crippen LogP contribution in [0.25, 0.3) is 0 Å². The molecule has 0 aromatic heterocycles. The zero-order valence-electron chi connectivity index (χ0n) is 12.7. The Morgan fingerprint density at radius 3 is 2.59 bits per heavy atom. The monoisotopic (exact) mass is 303 g/mol. The van der Waals surface area contributed by atoms with Gasteiger partial charge in [0.2, 0.25) is 0 Å². The third-order valence-corrected chi connectivity index (χ3v) is 2.76. The standard InChI is InChI=1S/C17H21NO4/c1-4-9-15(22-12-14-10-7-6-8-11-14)16(19)18-13(3)17(20)21-5-2/h4,6-8,10-11,15H,1,3,5,9,12H2,2H3,(H,18,19)/t15-/m0/s1. The van der Waals surface area contributed by atoms with Crippen LogP contribution in [0.15, 0.2) is 55.3 Å². The second-order valence-electron chi connectivity index (χ2n) is 4.50. The molecule has 0 aliphatic carbocycles. The van der Waals surface area contributed by atoms with Crippen molar-refractivity contribution < 1.29 is 19.1 Å². The first kappa shape index (κ1) is 17.7. The highest BCUT2D eigenvalue weighted by atomic mass is 16.5. The molecule has 1 atom stereocenters. The van der Waals surface area contributed by atoms with Crippen molar-refractivity contribution in [3.8, 4) is 0 Å². The van der Waals surface area contributed by atoms with E-state index in [4.69, 9.17) is 9.47 Å². The van der Waals surface area contributed by atoms with Gasteiger partial charge in [0, 0.05) is 6.42 Å². The van der Waals surface area contributed by atoms with Gasteiger partial charge < -0.3 is 14.8 Å². The van der Waals surface area contributed by atoms with Crippen molar-refractivity contribution in [2.75, 3.05) is 6.61 Å². The van der Waals surface area contributed by atoms with Gasteiger partial charge >= 0.3 is 5.97 Å². The van der Waals surface area contributed by atoms with Crippen LogP contribution < -0.4 is 5.32 Å². The number of hydrogen-bond donors (Lipinski definition) is 1. The van der Waals surface area contributed by atoms with Gasteiger partial charge in [-0.15, -0.1) is 6.58 Å². The van der Waals surface area contributed by atoms with Gasteiger partial charge in [-0.3, -0.25) is 4.79 Å². The van der Waals surface area contributed by atoms with Crippen molar-refractivity contribution in [2.45, 2.75) is 26.1 Å². The number of ether oxygens (including phenoxy) is 2. The molecule has 5 heteroatoms. The molecule has 0 saturated carbocycles. The lowest BCUT2D eigenvalue weighted by Gasteiger charge is -2.16. The van der Waals surface area contributed by atoms with Crippen LogP contribution >= 0.6 is 0 Å². The van der Waals surface area contributed by atoms with Crippen LogP contribution in [-0.4, -0.2) is 24.6 Å². The highest BCUT2D eigenvalue weighted by Crippen LogP contribution is 2.07. The van der Waals surface area contributed by atoms with Crippen LogP contribution in [0.5, 0.6) is 0 Å². The number of nitrogens with one attached hydrogen (secondary N) is 1. The van der Waals surface area contributed by atoms with Gasteiger partial charge in [0.05, 0.1) is 13.2 Å². The Hall–Kier alpha value is -2.40. The molecule has 0 heterocycles. The lowest BCUT2D eigenvalue weighted by molar-refractivity contribution is -0.141. The Labute approximate surface area is 130 Å². The fourth-order valence-corrected chi connectivity index (χ4v) is 1.67. The number of carbonyl (C=O) groups excluding carboxylic acids is 2. The Kier molecular flexibility index (Phi) is 7.64. The van der Waals surface area contributed by atoms with E-state index in [1.807, 2.05) is 30.3 Å². The zero-order chi connectivity index (χ0) is 16.4. The molecule has 0 fully saturated rings. The number of carbonyl (C=O) groups is 2. The van der Waals surface area contributed by atoms with E-state index >= 15 is 0 Å². The number of esters is 1. The van der Waals surface area contributed by atoms with E-state index < -0.39 is 18.0 Å². The fourth-order valence-electron chi connectivity index (χ4n) is 1.67. The number of amides is 1. The molecule has 1 rings (SSSR count). The molecule has 0 spiro atoms. The van der Waals surface area contributed by atoms with Crippen molar-refractivity contribution >= 4 is 11.9 Å². The summed E-state index contributed by atoms with van der Waals surface area (Å²) in [5.41, 5.74) is 0.845. The van der Waals surface area contributed by atoms with Crippen LogP contribution in [-0.2, 0) is 25.7 Å². The van der Waals surface area contributed by atoms with Gasteiger partial charge in [-0.25, -0.2) is 4.79 Å². The van der Waals surface area contributed by atoms with E-state index in [1.165, 1.54) is 0 Å². The van der Waals surface area contributed by atoms with Crippen molar-refractivity contribution in [3.63, 3.8) is 0 Å². The van der Waals surface area contributed by atoms with Crippen molar-refractivity contribution in [1.29, 1.82) is 0 Å². The molecule has 0 bridgehead atoms. The number of rotatable bonds is 9. The van der Waals surface area contributed by atoms with E-state index in [2.05, 4.69) is 18.5 Å². The molecule has 1 amide bonds. The van der Waals surface area contributed by atoms with Crippen LogP contribution in [0.4, 0.5) is 0 Å². The minimum atomic E-state index is -0.746. The molecule has 5 nitrogen and oxygen atoms in total. The average molecular weight is 303 g/mol. The summed E-state index contributed by atoms with van der Waals surface area (Å²) in [6, 6.07) is 9.50. The summed E-state index contributed by atoms with van der Waals surface area (Å²) >= 11 is 0. The van der Waals surface area contributed by atoms with E-state index in [1.54, 1.807) is 13.0 Å². The summed E-state index contributed by atoms with van der Waals surface area (Å²) in [7, 11) is 0. The van der Waals surface area contributed by atoms with Gasteiger partial charge in [0.1, 0.15) is 11.8 Å². The predicted molar refractivity (Wildman–Crippen MR) is 83.7 cm³/mol. The molecule has 1 N–H and O–H groups in total. The van der Waals surface area contributed by atoms with Gasteiger partial charge in [-0.1, -0.05) is 43.0 Å². The molecular formula is C17H21NO4. The Bertz CT molecular complexity index is 525. The molecule has 0 aliphatic rings. The maximum Gasteiger partial charge on any atom is 0.354 e. The highest BCUT2D eigenvalue weighted by molar-refractivity contribution is 5.94. The molecular weight excluding hydrogens is 282 g/mol. The van der Waals surface area contributed by atoms with Crippen LogP contribution in [0, 0.1) is 0 Å². The molecule has 0 unspecified atom stereocenters. The lowest BCUT2D eigenvalue weighted by Crippen LogP contribution is -2.37. The van der Waals surface area contributed by atoms with E-state index in [0.29, 0.717) is 13.0 Å². The molecule has 22 heavy (non-hydrogen) atoms. The first-order chi connectivity index (χ1) is 10.6.